The maximum Gasteiger partial charge on any atom is 0.224 e. The number of hydrogen-bond donors (Lipinski definition) is 2. The normalized spacial score (nSPS) is 16.8. The standard InChI is InChI=1S/C15H21ClN2O2S/c16-13-10-11(17)7-8-14(13)18-15(19)6-3-9-21(20)12-4-1-2-5-12/h7-8,10,12H,1-6,9,17H2,(H,18,19). The molecule has 1 fully saturated rings. The van der Waals surface area contributed by atoms with E-state index in [-0.39, 0.29) is 5.91 Å². The minimum absolute atomic E-state index is 0.106. The number of anilines is 2. The molecule has 4 nitrogen and oxygen atoms in total. The van der Waals surface area contributed by atoms with Gasteiger partial charge in [0.1, 0.15) is 0 Å². The summed E-state index contributed by atoms with van der Waals surface area (Å²) in [4.78, 5) is 11.9. The summed E-state index contributed by atoms with van der Waals surface area (Å²) in [5.74, 6) is 0.498. The smallest absolute Gasteiger partial charge is 0.224 e. The van der Waals surface area contributed by atoms with Gasteiger partial charge in [0.25, 0.3) is 0 Å². The third kappa shape index (κ3) is 5.00. The van der Waals surface area contributed by atoms with Crippen LogP contribution >= 0.6 is 11.6 Å². The van der Waals surface area contributed by atoms with Crippen molar-refractivity contribution in [3.05, 3.63) is 23.2 Å². The third-order valence-electron chi connectivity index (χ3n) is 3.69. The highest BCUT2D eigenvalue weighted by Crippen LogP contribution is 2.25. The summed E-state index contributed by atoms with van der Waals surface area (Å²) in [6, 6.07) is 4.98. The number of amides is 1. The molecule has 1 atom stereocenters. The second kappa shape index (κ2) is 7.80. The van der Waals surface area contributed by atoms with Gasteiger partial charge in [0.15, 0.2) is 0 Å². The van der Waals surface area contributed by atoms with Crippen LogP contribution in [0.5, 0.6) is 0 Å². The minimum Gasteiger partial charge on any atom is -0.399 e. The van der Waals surface area contributed by atoms with E-state index in [9.17, 15) is 9.00 Å². The first kappa shape index (κ1) is 16.3. The van der Waals surface area contributed by atoms with Crippen molar-refractivity contribution < 1.29 is 9.00 Å². The van der Waals surface area contributed by atoms with Crippen LogP contribution in [0.25, 0.3) is 0 Å². The zero-order valence-corrected chi connectivity index (χ0v) is 13.5. The average Bonchev–Trinajstić information content (AvgIpc) is 2.96. The van der Waals surface area contributed by atoms with E-state index >= 15 is 0 Å². The number of nitrogen functional groups attached to an aromatic ring is 1. The monoisotopic (exact) mass is 328 g/mol. The Morgan fingerprint density at radius 1 is 1.38 bits per heavy atom. The average molecular weight is 329 g/mol. The number of hydrogen-bond acceptors (Lipinski definition) is 3. The molecule has 1 amide bonds. The summed E-state index contributed by atoms with van der Waals surface area (Å²) >= 11 is 6.00. The molecule has 1 aromatic carbocycles. The lowest BCUT2D eigenvalue weighted by atomic mass is 10.2. The van der Waals surface area contributed by atoms with E-state index in [1.165, 1.54) is 12.8 Å². The molecule has 6 heteroatoms. The van der Waals surface area contributed by atoms with E-state index in [2.05, 4.69) is 5.32 Å². The highest BCUT2D eigenvalue weighted by Gasteiger charge is 2.21. The van der Waals surface area contributed by atoms with Crippen LogP contribution < -0.4 is 11.1 Å². The van der Waals surface area contributed by atoms with E-state index in [1.807, 2.05) is 0 Å². The van der Waals surface area contributed by atoms with Crippen LogP contribution in [-0.2, 0) is 15.6 Å². The number of nitrogens with two attached hydrogens (primary N) is 1. The predicted molar refractivity (Wildman–Crippen MR) is 89.0 cm³/mol. The van der Waals surface area contributed by atoms with E-state index in [0.717, 1.165) is 12.8 Å². The van der Waals surface area contributed by atoms with Gasteiger partial charge in [-0.05, 0) is 37.5 Å². The highest BCUT2D eigenvalue weighted by molar-refractivity contribution is 7.85. The van der Waals surface area contributed by atoms with Crippen LogP contribution in [0.3, 0.4) is 0 Å². The van der Waals surface area contributed by atoms with Gasteiger partial charge in [-0.2, -0.15) is 0 Å². The van der Waals surface area contributed by atoms with Crippen LogP contribution in [0.2, 0.25) is 5.02 Å². The number of carbonyl (C=O) groups is 1. The molecule has 0 aromatic heterocycles. The van der Waals surface area contributed by atoms with Crippen LogP contribution in [-0.4, -0.2) is 21.1 Å². The van der Waals surface area contributed by atoms with Crippen molar-refractivity contribution in [1.29, 1.82) is 0 Å². The van der Waals surface area contributed by atoms with E-state index in [0.29, 0.717) is 40.2 Å². The molecule has 3 N–H and O–H groups in total. The molecule has 116 valence electrons. The van der Waals surface area contributed by atoms with Crippen molar-refractivity contribution in [1.82, 2.24) is 0 Å². The molecule has 21 heavy (non-hydrogen) atoms. The molecule has 2 rings (SSSR count). The van der Waals surface area contributed by atoms with Crippen LogP contribution in [0, 0.1) is 0 Å². The first-order valence-electron chi connectivity index (χ1n) is 7.28. The zero-order valence-electron chi connectivity index (χ0n) is 11.9. The quantitative estimate of drug-likeness (QED) is 0.787. The molecular weight excluding hydrogens is 308 g/mol. The van der Waals surface area contributed by atoms with Gasteiger partial charge in [0.2, 0.25) is 5.91 Å². The van der Waals surface area contributed by atoms with Crippen molar-refractivity contribution in [2.75, 3.05) is 16.8 Å². The summed E-state index contributed by atoms with van der Waals surface area (Å²) in [6.07, 6.45) is 5.51. The predicted octanol–water partition coefficient (Wildman–Crippen LogP) is 3.33. The largest absolute Gasteiger partial charge is 0.399 e. The zero-order chi connectivity index (χ0) is 15.2. The first-order valence-corrected chi connectivity index (χ1v) is 9.04. The molecule has 1 unspecified atom stereocenters. The molecule has 1 aromatic rings. The maximum absolute atomic E-state index is 12.0. The Kier molecular flexibility index (Phi) is 6.06. The molecule has 0 saturated heterocycles. The van der Waals surface area contributed by atoms with Gasteiger partial charge in [-0.1, -0.05) is 24.4 Å². The van der Waals surface area contributed by atoms with E-state index < -0.39 is 10.8 Å². The Morgan fingerprint density at radius 3 is 2.76 bits per heavy atom. The molecule has 0 heterocycles. The lowest BCUT2D eigenvalue weighted by Crippen LogP contribution is -2.16. The topological polar surface area (TPSA) is 72.2 Å². The Morgan fingerprint density at radius 2 is 2.10 bits per heavy atom. The van der Waals surface area contributed by atoms with Crippen LogP contribution in [0.1, 0.15) is 38.5 Å². The van der Waals surface area contributed by atoms with E-state index in [1.54, 1.807) is 18.2 Å². The van der Waals surface area contributed by atoms with Gasteiger partial charge in [-0.3, -0.25) is 9.00 Å². The second-order valence-electron chi connectivity index (χ2n) is 5.38. The van der Waals surface area contributed by atoms with E-state index in [4.69, 9.17) is 17.3 Å². The Bertz CT molecular complexity index is 530. The fourth-order valence-corrected chi connectivity index (χ4v) is 4.40. The lowest BCUT2D eigenvalue weighted by molar-refractivity contribution is -0.116. The molecular formula is C15H21ClN2O2S. The van der Waals surface area contributed by atoms with Crippen molar-refractivity contribution in [3.63, 3.8) is 0 Å². The second-order valence-corrected chi connectivity index (χ2v) is 7.63. The molecule has 1 aliphatic carbocycles. The highest BCUT2D eigenvalue weighted by atomic mass is 35.5. The van der Waals surface area contributed by atoms with Crippen molar-refractivity contribution >= 4 is 39.7 Å². The fraction of sp³-hybridized carbons (Fsp3) is 0.533. The Labute approximate surface area is 132 Å². The number of halogens is 1. The van der Waals surface area contributed by atoms with Crippen molar-refractivity contribution in [2.45, 2.75) is 43.8 Å². The maximum atomic E-state index is 12.0. The Hall–Kier alpha value is -1.07. The van der Waals surface area contributed by atoms with Gasteiger partial charge in [-0.25, -0.2) is 0 Å². The third-order valence-corrected chi connectivity index (χ3v) is 5.91. The van der Waals surface area contributed by atoms with Gasteiger partial charge in [-0.15, -0.1) is 0 Å². The van der Waals surface area contributed by atoms with Gasteiger partial charge in [0.05, 0.1) is 10.7 Å². The molecule has 0 aliphatic heterocycles. The minimum atomic E-state index is -0.788. The molecule has 0 radical (unpaired) electrons. The summed E-state index contributed by atoms with van der Waals surface area (Å²) in [7, 11) is -0.788. The number of rotatable bonds is 6. The lowest BCUT2D eigenvalue weighted by Gasteiger charge is -2.10. The summed E-state index contributed by atoms with van der Waals surface area (Å²) in [5, 5.41) is 3.53. The number of carbonyl (C=O) groups excluding carboxylic acids is 1. The first-order chi connectivity index (χ1) is 10.1. The van der Waals surface area contributed by atoms with Gasteiger partial charge < -0.3 is 11.1 Å². The van der Waals surface area contributed by atoms with Crippen molar-refractivity contribution in [2.24, 2.45) is 0 Å². The SMILES string of the molecule is Nc1ccc(NC(=O)CCCS(=O)C2CCCC2)c(Cl)c1. The van der Waals surface area contributed by atoms with Crippen LogP contribution in [0.4, 0.5) is 11.4 Å². The fourth-order valence-electron chi connectivity index (χ4n) is 2.54. The number of benzene rings is 1. The molecule has 0 spiro atoms. The molecule has 1 aliphatic rings. The van der Waals surface area contributed by atoms with Crippen LogP contribution in [0.15, 0.2) is 18.2 Å². The summed E-state index contributed by atoms with van der Waals surface area (Å²) in [5.41, 5.74) is 6.72. The number of nitrogens with one attached hydrogen (secondary N) is 1. The van der Waals surface area contributed by atoms with Gasteiger partial charge >= 0.3 is 0 Å². The Balaban J connectivity index is 1.73. The molecule has 0 bridgehead atoms. The molecule has 1 saturated carbocycles. The summed E-state index contributed by atoms with van der Waals surface area (Å²) in [6.45, 7) is 0. The van der Waals surface area contributed by atoms with Crippen molar-refractivity contribution in [3.8, 4) is 0 Å². The van der Waals surface area contributed by atoms with Gasteiger partial charge in [0, 0.05) is 33.9 Å². The summed E-state index contributed by atoms with van der Waals surface area (Å²) < 4.78 is 12.0.